The van der Waals surface area contributed by atoms with Gasteiger partial charge in [0.1, 0.15) is 0 Å². The van der Waals surface area contributed by atoms with Crippen LogP contribution in [0.25, 0.3) is 5.47 Å². The molecule has 1 fully saturated rings. The van der Waals surface area contributed by atoms with E-state index in [-0.39, 0.29) is 24.1 Å². The zero-order valence-electron chi connectivity index (χ0n) is 16.8. The summed E-state index contributed by atoms with van der Waals surface area (Å²) >= 11 is 0. The molecule has 0 amide bonds. The Morgan fingerprint density at radius 1 is 1.07 bits per heavy atom. The van der Waals surface area contributed by atoms with E-state index in [9.17, 15) is 13.6 Å². The van der Waals surface area contributed by atoms with Gasteiger partial charge in [-0.3, -0.25) is 0 Å². The fourth-order valence-corrected chi connectivity index (χ4v) is 2.96. The molecule has 1 aliphatic rings. The fourth-order valence-electron chi connectivity index (χ4n) is 2.96. The number of rotatable bonds is 6. The molecule has 0 radical (unpaired) electrons. The summed E-state index contributed by atoms with van der Waals surface area (Å²) < 4.78 is 46.7. The van der Waals surface area contributed by atoms with Crippen LogP contribution >= 0.6 is 0 Å². The van der Waals surface area contributed by atoms with Crippen molar-refractivity contribution in [2.24, 2.45) is 0 Å². The predicted molar refractivity (Wildman–Crippen MR) is 101 cm³/mol. The van der Waals surface area contributed by atoms with E-state index >= 15 is 0 Å². The Balaban J connectivity index is 2.65. The number of hydrogen-bond acceptors (Lipinski definition) is 4. The van der Waals surface area contributed by atoms with E-state index in [2.05, 4.69) is 4.74 Å². The van der Waals surface area contributed by atoms with Crippen LogP contribution in [0.1, 0.15) is 53.5 Å². The van der Waals surface area contributed by atoms with Gasteiger partial charge in [-0.1, -0.05) is 37.3 Å². The second kappa shape index (κ2) is 7.72. The highest BCUT2D eigenvalue weighted by molar-refractivity contribution is 6.69. The number of benzene rings is 1. The second-order valence-corrected chi connectivity index (χ2v) is 7.49. The number of halogens is 2. The van der Waals surface area contributed by atoms with Crippen LogP contribution in [-0.4, -0.2) is 36.8 Å². The fraction of sp³-hybridized carbons (Fsp3) is 0.550. The van der Waals surface area contributed by atoms with Gasteiger partial charge < -0.3 is 14.0 Å². The first-order chi connectivity index (χ1) is 12.5. The smallest absolute Gasteiger partial charge is 0.461 e. The molecule has 1 saturated heterocycles. The molecule has 4 nitrogen and oxygen atoms in total. The topological polar surface area (TPSA) is 44.8 Å². The number of esters is 1. The maximum Gasteiger partial charge on any atom is 0.495 e. The van der Waals surface area contributed by atoms with Crippen LogP contribution in [0.4, 0.5) is 8.78 Å². The lowest BCUT2D eigenvalue weighted by atomic mass is 9.69. The van der Waals surface area contributed by atoms with E-state index in [1.54, 1.807) is 37.3 Å². The Morgan fingerprint density at radius 2 is 1.59 bits per heavy atom. The highest BCUT2D eigenvalue weighted by Crippen LogP contribution is 2.44. The van der Waals surface area contributed by atoms with Crippen molar-refractivity contribution < 1.29 is 27.6 Å². The van der Waals surface area contributed by atoms with Crippen molar-refractivity contribution in [3.8, 4) is 0 Å². The molecule has 0 unspecified atom stereocenters. The Bertz CT molecular complexity index is 698. The summed E-state index contributed by atoms with van der Waals surface area (Å²) in [5.41, 5.74) is -1.05. The molecular formula is C20H27BF2O4. The van der Waals surface area contributed by atoms with Crippen LogP contribution in [-0.2, 0) is 18.8 Å². The Kier molecular flexibility index (Phi) is 6.17. The zero-order valence-corrected chi connectivity index (χ0v) is 16.8. The van der Waals surface area contributed by atoms with Crippen molar-refractivity contribution in [2.75, 3.05) is 6.61 Å². The van der Waals surface area contributed by atoms with Crippen molar-refractivity contribution in [3.05, 3.63) is 41.5 Å². The SMILES string of the molecule is CCOC(=O)C(F)(F)/C(CC)=C(/B1OC(C)(C)C(C)(C)O1)c1ccccc1. The van der Waals surface area contributed by atoms with Gasteiger partial charge in [0, 0.05) is 5.57 Å². The van der Waals surface area contributed by atoms with Crippen molar-refractivity contribution in [1.29, 1.82) is 0 Å². The molecule has 1 aromatic rings. The molecule has 0 aliphatic carbocycles. The maximum atomic E-state index is 15.0. The molecule has 1 heterocycles. The minimum absolute atomic E-state index is 0.0554. The van der Waals surface area contributed by atoms with Crippen LogP contribution in [0.5, 0.6) is 0 Å². The average Bonchev–Trinajstić information content (AvgIpc) is 2.80. The van der Waals surface area contributed by atoms with Gasteiger partial charge in [0.05, 0.1) is 17.8 Å². The first-order valence-corrected chi connectivity index (χ1v) is 9.17. The minimum atomic E-state index is -3.78. The number of hydrogen-bond donors (Lipinski definition) is 0. The van der Waals surface area contributed by atoms with Crippen LogP contribution in [0, 0.1) is 0 Å². The molecule has 0 bridgehead atoms. The number of ether oxygens (including phenoxy) is 1. The lowest BCUT2D eigenvalue weighted by Crippen LogP contribution is -2.41. The van der Waals surface area contributed by atoms with Crippen LogP contribution < -0.4 is 0 Å². The highest BCUT2D eigenvalue weighted by Gasteiger charge is 2.55. The summed E-state index contributed by atoms with van der Waals surface area (Å²) in [6.07, 6.45) is -0.0554. The molecule has 2 rings (SSSR count). The van der Waals surface area contributed by atoms with Gasteiger partial charge >= 0.3 is 19.0 Å². The van der Waals surface area contributed by atoms with Gasteiger partial charge in [0.15, 0.2) is 0 Å². The first kappa shape index (κ1) is 21.6. The van der Waals surface area contributed by atoms with E-state index in [0.29, 0.717) is 5.56 Å². The molecule has 7 heteroatoms. The Hall–Kier alpha value is -1.73. The Labute approximate surface area is 160 Å². The largest absolute Gasteiger partial charge is 0.495 e. The molecule has 0 saturated carbocycles. The lowest BCUT2D eigenvalue weighted by Gasteiger charge is -2.32. The molecule has 1 aliphatic heterocycles. The standard InChI is InChI=1S/C20H27BF2O4/c1-7-15(20(22,23)17(24)25-8-2)16(14-12-10-9-11-13-14)21-26-18(3,4)19(5,6)27-21/h9-13H,7-8H2,1-6H3/b16-15+. The summed E-state index contributed by atoms with van der Waals surface area (Å²) in [7, 11) is -1.02. The average molecular weight is 380 g/mol. The molecule has 0 N–H and O–H groups in total. The molecule has 0 aromatic heterocycles. The molecule has 1 aromatic carbocycles. The molecule has 0 spiro atoms. The number of carbonyl (C=O) groups is 1. The van der Waals surface area contributed by atoms with E-state index in [1.165, 1.54) is 6.92 Å². The normalized spacial score (nSPS) is 19.6. The lowest BCUT2D eigenvalue weighted by molar-refractivity contribution is -0.166. The summed E-state index contributed by atoms with van der Waals surface area (Å²) in [5, 5.41) is 0. The summed E-state index contributed by atoms with van der Waals surface area (Å²) in [6, 6.07) is 8.70. The summed E-state index contributed by atoms with van der Waals surface area (Å²) in [4.78, 5) is 12.0. The van der Waals surface area contributed by atoms with Gasteiger partial charge in [-0.05, 0) is 52.1 Å². The van der Waals surface area contributed by atoms with Gasteiger partial charge in [0.2, 0.25) is 0 Å². The zero-order chi connectivity index (χ0) is 20.5. The number of alkyl halides is 2. The van der Waals surface area contributed by atoms with Crippen molar-refractivity contribution in [3.63, 3.8) is 0 Å². The van der Waals surface area contributed by atoms with Crippen LogP contribution in [0.15, 0.2) is 35.9 Å². The van der Waals surface area contributed by atoms with E-state index < -0.39 is 30.2 Å². The van der Waals surface area contributed by atoms with E-state index in [1.807, 2.05) is 27.7 Å². The first-order valence-electron chi connectivity index (χ1n) is 9.17. The van der Waals surface area contributed by atoms with E-state index in [4.69, 9.17) is 9.31 Å². The maximum absolute atomic E-state index is 15.0. The van der Waals surface area contributed by atoms with Gasteiger partial charge in [0.25, 0.3) is 0 Å². The molecule has 27 heavy (non-hydrogen) atoms. The number of carbonyl (C=O) groups excluding carboxylic acids is 1. The van der Waals surface area contributed by atoms with Gasteiger partial charge in [-0.25, -0.2) is 4.79 Å². The van der Waals surface area contributed by atoms with Crippen LogP contribution in [0.2, 0.25) is 0 Å². The quantitative estimate of drug-likeness (QED) is 0.531. The molecule has 0 atom stereocenters. The summed E-state index contributed by atoms with van der Waals surface area (Å²) in [6.45, 7) is 10.4. The second-order valence-electron chi connectivity index (χ2n) is 7.49. The monoisotopic (exact) mass is 380 g/mol. The minimum Gasteiger partial charge on any atom is -0.461 e. The van der Waals surface area contributed by atoms with E-state index in [0.717, 1.165) is 0 Å². The van der Waals surface area contributed by atoms with Gasteiger partial charge in [-0.2, -0.15) is 8.78 Å². The third kappa shape index (κ3) is 4.09. The van der Waals surface area contributed by atoms with Gasteiger partial charge in [-0.15, -0.1) is 0 Å². The van der Waals surface area contributed by atoms with Crippen LogP contribution in [0.3, 0.4) is 0 Å². The summed E-state index contributed by atoms with van der Waals surface area (Å²) in [5.74, 6) is -5.34. The van der Waals surface area contributed by atoms with Crippen molar-refractivity contribution >= 4 is 18.6 Å². The van der Waals surface area contributed by atoms with Crippen molar-refractivity contribution in [1.82, 2.24) is 0 Å². The van der Waals surface area contributed by atoms with Crippen molar-refractivity contribution in [2.45, 2.75) is 65.1 Å². The third-order valence-corrected chi connectivity index (χ3v) is 5.16. The predicted octanol–water partition coefficient (Wildman–Crippen LogP) is 4.68. The Morgan fingerprint density at radius 3 is 2.04 bits per heavy atom. The third-order valence-electron chi connectivity index (χ3n) is 5.16. The molecule has 148 valence electrons. The molecular weight excluding hydrogens is 353 g/mol. The highest BCUT2D eigenvalue weighted by atomic mass is 19.3.